The molecule has 0 atom stereocenters. The Morgan fingerprint density at radius 1 is 1.14 bits per heavy atom. The summed E-state index contributed by atoms with van der Waals surface area (Å²) in [7, 11) is 0. The Morgan fingerprint density at radius 3 is 2.72 bits per heavy atom. The largest absolute Gasteiger partial charge is 0.352 e. The molecular formula is C22H25FN4S2. The summed E-state index contributed by atoms with van der Waals surface area (Å²) in [6, 6.07) is 7.45. The zero-order valence-electron chi connectivity index (χ0n) is 16.9. The summed E-state index contributed by atoms with van der Waals surface area (Å²) in [6.07, 6.45) is 4.49. The summed E-state index contributed by atoms with van der Waals surface area (Å²) in [4.78, 5) is 11.8. The van der Waals surface area contributed by atoms with Gasteiger partial charge in [-0.3, -0.25) is 4.90 Å². The van der Waals surface area contributed by atoms with Crippen molar-refractivity contribution >= 4 is 54.5 Å². The first-order valence-corrected chi connectivity index (χ1v) is 11.6. The van der Waals surface area contributed by atoms with Crippen molar-refractivity contribution < 1.29 is 4.39 Å². The van der Waals surface area contributed by atoms with E-state index < -0.39 is 0 Å². The molecule has 1 saturated heterocycles. The molecular weight excluding hydrogens is 403 g/mol. The fraction of sp³-hybridized carbons (Fsp3) is 0.364. The summed E-state index contributed by atoms with van der Waals surface area (Å²) in [5.41, 5.74) is 3.85. The Hall–Kier alpha value is -2.09. The van der Waals surface area contributed by atoms with Gasteiger partial charge in [0.1, 0.15) is 10.3 Å². The van der Waals surface area contributed by atoms with Crippen molar-refractivity contribution in [3.05, 3.63) is 47.2 Å². The molecule has 4 nitrogen and oxygen atoms in total. The van der Waals surface area contributed by atoms with Crippen molar-refractivity contribution in [1.82, 2.24) is 14.9 Å². The third-order valence-electron chi connectivity index (χ3n) is 5.53. The van der Waals surface area contributed by atoms with E-state index >= 15 is 0 Å². The molecule has 4 heterocycles. The van der Waals surface area contributed by atoms with Gasteiger partial charge >= 0.3 is 0 Å². The fourth-order valence-corrected chi connectivity index (χ4v) is 5.31. The van der Waals surface area contributed by atoms with Gasteiger partial charge in [-0.2, -0.15) is 0 Å². The predicted molar refractivity (Wildman–Crippen MR) is 123 cm³/mol. The molecule has 0 spiro atoms. The minimum atomic E-state index is -0.316. The van der Waals surface area contributed by atoms with Gasteiger partial charge in [-0.05, 0) is 69.4 Å². The fourth-order valence-electron chi connectivity index (χ4n) is 3.87. The first-order chi connectivity index (χ1) is 14.0. The molecule has 1 fully saturated rings. The van der Waals surface area contributed by atoms with Gasteiger partial charge in [0.05, 0.1) is 21.6 Å². The maximum atomic E-state index is 14.4. The van der Waals surface area contributed by atoms with E-state index in [-0.39, 0.29) is 5.82 Å². The van der Waals surface area contributed by atoms with Crippen LogP contribution in [0, 0.1) is 5.82 Å². The van der Waals surface area contributed by atoms with Crippen LogP contribution in [0.25, 0.3) is 20.4 Å². The van der Waals surface area contributed by atoms with Gasteiger partial charge in [0, 0.05) is 17.1 Å². The average molecular weight is 429 g/mol. The number of rotatable bonds is 3. The molecule has 4 aromatic rings. The number of hydrogen-bond acceptors (Lipinski definition) is 6. The summed E-state index contributed by atoms with van der Waals surface area (Å²) in [5, 5.41) is 6.11. The van der Waals surface area contributed by atoms with E-state index in [1.807, 2.05) is 23.6 Å². The number of aromatic nitrogens is 2. The molecule has 0 amide bonds. The Morgan fingerprint density at radius 2 is 2.00 bits per heavy atom. The number of halogens is 1. The minimum Gasteiger partial charge on any atom is -0.352 e. The lowest BCUT2D eigenvalue weighted by Gasteiger charge is -2.29. The molecule has 5 rings (SSSR count). The summed E-state index contributed by atoms with van der Waals surface area (Å²) in [5.74, 6) is -0.316. The van der Waals surface area contributed by atoms with E-state index in [1.165, 1.54) is 37.3 Å². The number of likely N-dealkylation sites (tertiary alicyclic amines) is 1. The molecule has 29 heavy (non-hydrogen) atoms. The number of benzene rings is 1. The smallest absolute Gasteiger partial charge is 0.173 e. The van der Waals surface area contributed by atoms with Crippen LogP contribution in [0.2, 0.25) is 0 Å². The van der Waals surface area contributed by atoms with Gasteiger partial charge in [-0.15, -0.1) is 22.7 Å². The summed E-state index contributed by atoms with van der Waals surface area (Å²) in [6.45, 7) is 9.44. The highest BCUT2D eigenvalue weighted by Gasteiger charge is 2.29. The maximum Gasteiger partial charge on any atom is 0.173 e. The standard InChI is InChI=1S/C14H8FN3S2.C8H17N/c15-12-10(1-2-11-13(12)17-7-20-11)18-9-3-5-16-14-8(9)4-6-19-14;1-4-9-7-5-6-8(9,2)3/h1-7H,(H,16,18);4-7H2,1-3H3. The van der Waals surface area contributed by atoms with Crippen molar-refractivity contribution in [1.29, 1.82) is 0 Å². The lowest BCUT2D eigenvalue weighted by molar-refractivity contribution is 0.185. The maximum absolute atomic E-state index is 14.4. The first-order valence-electron chi connectivity index (χ1n) is 9.85. The Balaban J connectivity index is 0.000000192. The van der Waals surface area contributed by atoms with Crippen LogP contribution in [0.5, 0.6) is 0 Å². The monoisotopic (exact) mass is 428 g/mol. The number of fused-ring (bicyclic) bond motifs is 2. The molecule has 0 aliphatic carbocycles. The first kappa shape index (κ1) is 20.2. The average Bonchev–Trinajstić information content (AvgIpc) is 3.43. The van der Waals surface area contributed by atoms with Gasteiger partial charge < -0.3 is 5.32 Å². The highest BCUT2D eigenvalue weighted by Crippen LogP contribution is 2.32. The van der Waals surface area contributed by atoms with Crippen LogP contribution >= 0.6 is 22.7 Å². The molecule has 1 aromatic carbocycles. The molecule has 0 radical (unpaired) electrons. The number of hydrogen-bond donors (Lipinski definition) is 1. The molecule has 0 bridgehead atoms. The third-order valence-corrected chi connectivity index (χ3v) is 7.15. The van der Waals surface area contributed by atoms with Gasteiger partial charge in [-0.1, -0.05) is 6.92 Å². The second-order valence-corrected chi connectivity index (χ2v) is 9.53. The van der Waals surface area contributed by atoms with Crippen LogP contribution in [-0.4, -0.2) is 33.5 Å². The Labute approximate surface area is 178 Å². The van der Waals surface area contributed by atoms with E-state index in [4.69, 9.17) is 0 Å². The number of nitrogens with zero attached hydrogens (tertiary/aromatic N) is 3. The van der Waals surface area contributed by atoms with Crippen LogP contribution in [0.4, 0.5) is 15.8 Å². The van der Waals surface area contributed by atoms with E-state index in [2.05, 4.69) is 41.0 Å². The van der Waals surface area contributed by atoms with E-state index in [0.717, 1.165) is 20.6 Å². The lowest BCUT2D eigenvalue weighted by atomic mass is 10.0. The topological polar surface area (TPSA) is 41.0 Å². The van der Waals surface area contributed by atoms with Crippen LogP contribution in [0.3, 0.4) is 0 Å². The number of thiophene rings is 1. The molecule has 7 heteroatoms. The number of anilines is 2. The van der Waals surface area contributed by atoms with Crippen molar-refractivity contribution in [3.8, 4) is 0 Å². The number of nitrogens with one attached hydrogen (secondary N) is 1. The predicted octanol–water partition coefficient (Wildman–Crippen LogP) is 6.67. The lowest BCUT2D eigenvalue weighted by Crippen LogP contribution is -2.37. The van der Waals surface area contributed by atoms with Crippen molar-refractivity contribution in [2.75, 3.05) is 18.4 Å². The highest BCUT2D eigenvalue weighted by molar-refractivity contribution is 7.17. The molecule has 0 unspecified atom stereocenters. The number of pyridine rings is 1. The minimum absolute atomic E-state index is 0.316. The zero-order valence-corrected chi connectivity index (χ0v) is 18.5. The van der Waals surface area contributed by atoms with Crippen LogP contribution in [0.15, 0.2) is 41.4 Å². The Bertz CT molecular complexity index is 1120. The van der Waals surface area contributed by atoms with Crippen LogP contribution < -0.4 is 5.32 Å². The highest BCUT2D eigenvalue weighted by atomic mass is 32.1. The van der Waals surface area contributed by atoms with Crippen molar-refractivity contribution in [2.45, 2.75) is 39.2 Å². The molecule has 1 aliphatic heterocycles. The summed E-state index contributed by atoms with van der Waals surface area (Å²) < 4.78 is 15.2. The Kier molecular flexibility index (Phi) is 5.81. The van der Waals surface area contributed by atoms with E-state index in [9.17, 15) is 4.39 Å². The normalized spacial score (nSPS) is 16.1. The number of thiazole rings is 1. The van der Waals surface area contributed by atoms with Gasteiger partial charge in [-0.25, -0.2) is 14.4 Å². The van der Waals surface area contributed by atoms with Crippen LogP contribution in [-0.2, 0) is 0 Å². The van der Waals surface area contributed by atoms with E-state index in [1.54, 1.807) is 29.1 Å². The second kappa shape index (κ2) is 8.34. The van der Waals surface area contributed by atoms with Gasteiger partial charge in [0.25, 0.3) is 0 Å². The zero-order chi connectivity index (χ0) is 20.4. The van der Waals surface area contributed by atoms with Gasteiger partial charge in [0.15, 0.2) is 5.82 Å². The second-order valence-electron chi connectivity index (χ2n) is 7.74. The van der Waals surface area contributed by atoms with Crippen molar-refractivity contribution in [2.24, 2.45) is 0 Å². The quantitative estimate of drug-likeness (QED) is 0.396. The third kappa shape index (κ3) is 4.13. The van der Waals surface area contributed by atoms with Crippen molar-refractivity contribution in [3.63, 3.8) is 0 Å². The molecule has 0 saturated carbocycles. The molecule has 3 aromatic heterocycles. The summed E-state index contributed by atoms with van der Waals surface area (Å²) >= 11 is 3.00. The SMILES string of the molecule is CCN1CCCC1(C)C.Fc1c(Nc2ccnc3sccc23)ccc2scnc12. The van der Waals surface area contributed by atoms with Gasteiger partial charge in [0.2, 0.25) is 0 Å². The molecule has 152 valence electrons. The van der Waals surface area contributed by atoms with Crippen LogP contribution in [0.1, 0.15) is 33.6 Å². The van der Waals surface area contributed by atoms with E-state index in [0.29, 0.717) is 16.7 Å². The molecule has 1 aliphatic rings. The molecule has 1 N–H and O–H groups in total.